The Bertz CT molecular complexity index is 1880. The third-order valence-electron chi connectivity index (χ3n) is 7.22. The second-order valence-electron chi connectivity index (χ2n) is 9.48. The highest BCUT2D eigenvalue weighted by Crippen LogP contribution is 2.31. The molecule has 0 aliphatic carbocycles. The van der Waals surface area contributed by atoms with Gasteiger partial charge in [-0.2, -0.15) is 0 Å². The summed E-state index contributed by atoms with van der Waals surface area (Å²) in [5, 5.41) is 0.852. The van der Waals surface area contributed by atoms with E-state index >= 15 is 0 Å². The number of halogens is 1. The first-order valence-corrected chi connectivity index (χ1v) is 12.8. The van der Waals surface area contributed by atoms with Gasteiger partial charge in [0.2, 0.25) is 5.78 Å². The highest BCUT2D eigenvalue weighted by atomic mass is 79.9. The number of ketones is 1. The van der Waals surface area contributed by atoms with Crippen molar-refractivity contribution < 1.29 is 35.5 Å². The molecule has 0 amide bonds. The number of ether oxygens (including phenoxy) is 1. The molecule has 200 valence electrons. The van der Waals surface area contributed by atoms with Crippen LogP contribution >= 0.6 is 0 Å². The monoisotopic (exact) mass is 594 g/mol. The number of carbonyl (C=O) groups is 1. The number of nitrogens with zero attached hydrogens (tertiary/aromatic N) is 2. The third kappa shape index (κ3) is 4.84. The summed E-state index contributed by atoms with van der Waals surface area (Å²) in [6, 6.07) is 34.0. The van der Waals surface area contributed by atoms with Gasteiger partial charge in [0, 0.05) is 23.4 Å². The van der Waals surface area contributed by atoms with Gasteiger partial charge in [-0.1, -0.05) is 60.7 Å². The van der Waals surface area contributed by atoms with Crippen LogP contribution in [0.3, 0.4) is 0 Å². The van der Waals surface area contributed by atoms with Gasteiger partial charge in [0.1, 0.15) is 11.3 Å². The molecule has 2 heterocycles. The minimum Gasteiger partial charge on any atom is -1.00 e. The van der Waals surface area contributed by atoms with Gasteiger partial charge >= 0.3 is 5.63 Å². The van der Waals surface area contributed by atoms with Gasteiger partial charge in [-0.05, 0) is 48.5 Å². The number of aromatic nitrogens is 2. The summed E-state index contributed by atoms with van der Waals surface area (Å²) in [6.07, 6.45) is 0. The molecule has 0 aliphatic rings. The molecular formula is C33H27BrN2O4. The SMILES string of the molecule is COc1ccc(C(=O)C[n+]2c(C)n(C(c3ccccc3)c3cc4ccccc4oc3=O)c3ccccc32)cc1.[Br-]. The molecule has 6 rings (SSSR count). The topological polar surface area (TPSA) is 65.3 Å². The zero-order valence-corrected chi connectivity index (χ0v) is 23.7. The standard InChI is InChI=1S/C33H27N2O4.BrH/c1-22-34(21-30(36)23-16-18-26(38-2)19-17-23)28-13-7-8-14-29(28)35(22)32(24-10-4-3-5-11-24)27-20-25-12-6-9-15-31(25)39-33(27)37;/h3-20,32H,21H2,1-2H3;1H/q+1;/p-1. The first-order chi connectivity index (χ1) is 19.0. The predicted octanol–water partition coefficient (Wildman–Crippen LogP) is 2.88. The highest BCUT2D eigenvalue weighted by molar-refractivity contribution is 5.95. The third-order valence-corrected chi connectivity index (χ3v) is 7.22. The van der Waals surface area contributed by atoms with E-state index in [1.807, 2.05) is 90.4 Å². The molecule has 6 nitrogen and oxygen atoms in total. The predicted molar refractivity (Wildman–Crippen MR) is 150 cm³/mol. The molecule has 0 N–H and O–H groups in total. The molecule has 2 aromatic heterocycles. The lowest BCUT2D eigenvalue weighted by Gasteiger charge is -2.16. The van der Waals surface area contributed by atoms with Crippen molar-refractivity contribution in [3.63, 3.8) is 0 Å². The highest BCUT2D eigenvalue weighted by Gasteiger charge is 2.33. The van der Waals surface area contributed by atoms with Crippen LogP contribution < -0.4 is 31.9 Å². The fourth-order valence-corrected chi connectivity index (χ4v) is 5.28. The van der Waals surface area contributed by atoms with E-state index in [-0.39, 0.29) is 34.9 Å². The van der Waals surface area contributed by atoms with E-state index in [4.69, 9.17) is 9.15 Å². The molecule has 6 aromatic rings. The van der Waals surface area contributed by atoms with Gasteiger partial charge in [-0.25, -0.2) is 13.9 Å². The van der Waals surface area contributed by atoms with Crippen LogP contribution in [0.15, 0.2) is 118 Å². The number of rotatable bonds is 7. The molecule has 4 aromatic carbocycles. The molecular weight excluding hydrogens is 568 g/mol. The largest absolute Gasteiger partial charge is 1.00 e. The molecule has 0 radical (unpaired) electrons. The van der Waals surface area contributed by atoms with Crippen molar-refractivity contribution in [3.05, 3.63) is 142 Å². The van der Waals surface area contributed by atoms with E-state index in [1.54, 1.807) is 37.4 Å². The second-order valence-corrected chi connectivity index (χ2v) is 9.48. The Kier molecular flexibility index (Phi) is 7.67. The Labute approximate surface area is 241 Å². The number of hydrogen-bond donors (Lipinski definition) is 0. The number of hydrogen-bond acceptors (Lipinski definition) is 4. The second kappa shape index (κ2) is 11.3. The van der Waals surface area contributed by atoms with Gasteiger partial charge in [0.15, 0.2) is 23.6 Å². The van der Waals surface area contributed by atoms with Crippen LogP contribution in [0, 0.1) is 6.92 Å². The summed E-state index contributed by atoms with van der Waals surface area (Å²) >= 11 is 0. The van der Waals surface area contributed by atoms with E-state index in [0.717, 1.165) is 27.8 Å². The van der Waals surface area contributed by atoms with Crippen LogP contribution in [0.4, 0.5) is 0 Å². The van der Waals surface area contributed by atoms with Crippen molar-refractivity contribution in [3.8, 4) is 5.75 Å². The molecule has 0 bridgehead atoms. The molecule has 0 fully saturated rings. The molecule has 0 aliphatic heterocycles. The van der Waals surface area contributed by atoms with E-state index < -0.39 is 6.04 Å². The molecule has 1 atom stereocenters. The summed E-state index contributed by atoms with van der Waals surface area (Å²) in [5.74, 6) is 1.53. The fourth-order valence-electron chi connectivity index (χ4n) is 5.28. The average molecular weight is 595 g/mol. The maximum Gasteiger partial charge on any atom is 0.344 e. The van der Waals surface area contributed by atoms with Crippen LogP contribution in [0.25, 0.3) is 22.0 Å². The first-order valence-electron chi connectivity index (χ1n) is 12.8. The maximum absolute atomic E-state index is 13.4. The molecule has 0 saturated carbocycles. The Hall–Kier alpha value is -4.49. The number of fused-ring (bicyclic) bond motifs is 2. The van der Waals surface area contributed by atoms with Crippen LogP contribution in [0.2, 0.25) is 0 Å². The van der Waals surface area contributed by atoms with Crippen LogP contribution in [0.5, 0.6) is 5.75 Å². The minimum absolute atomic E-state index is 0. The number of benzene rings is 4. The lowest BCUT2D eigenvalue weighted by molar-refractivity contribution is -0.664. The van der Waals surface area contributed by atoms with Crippen LogP contribution in [-0.4, -0.2) is 17.5 Å². The van der Waals surface area contributed by atoms with Crippen molar-refractivity contribution >= 4 is 27.8 Å². The first kappa shape index (κ1) is 27.1. The van der Waals surface area contributed by atoms with Gasteiger partial charge in [-0.3, -0.25) is 4.79 Å². The lowest BCUT2D eigenvalue weighted by atomic mass is 9.98. The van der Waals surface area contributed by atoms with Gasteiger partial charge in [0.05, 0.1) is 12.7 Å². The number of para-hydroxylation sites is 3. The van der Waals surface area contributed by atoms with E-state index in [9.17, 15) is 9.59 Å². The maximum atomic E-state index is 13.4. The Morgan fingerprint density at radius 2 is 1.57 bits per heavy atom. The van der Waals surface area contributed by atoms with Crippen molar-refractivity contribution in [2.24, 2.45) is 0 Å². The van der Waals surface area contributed by atoms with Gasteiger partial charge in [-0.15, -0.1) is 0 Å². The molecule has 1 unspecified atom stereocenters. The van der Waals surface area contributed by atoms with E-state index in [0.29, 0.717) is 22.5 Å². The normalized spacial score (nSPS) is 11.8. The van der Waals surface area contributed by atoms with Crippen molar-refractivity contribution in [1.82, 2.24) is 4.57 Å². The lowest BCUT2D eigenvalue weighted by Crippen LogP contribution is -3.00. The summed E-state index contributed by atoms with van der Waals surface area (Å²) in [4.78, 5) is 26.8. The zero-order valence-electron chi connectivity index (χ0n) is 22.1. The number of Topliss-reactive ketones (excluding diaryl/α,β-unsaturated/α-hetero) is 1. The fraction of sp³-hybridized carbons (Fsp3) is 0.121. The van der Waals surface area contributed by atoms with Gasteiger partial charge in [0.25, 0.3) is 5.82 Å². The summed E-state index contributed by atoms with van der Waals surface area (Å²) < 4.78 is 15.2. The van der Waals surface area contributed by atoms with E-state index in [1.165, 1.54) is 0 Å². The summed E-state index contributed by atoms with van der Waals surface area (Å²) in [5.41, 5.74) is 4.05. The van der Waals surface area contributed by atoms with E-state index in [2.05, 4.69) is 4.57 Å². The van der Waals surface area contributed by atoms with Crippen molar-refractivity contribution in [1.29, 1.82) is 0 Å². The molecule has 0 spiro atoms. The van der Waals surface area contributed by atoms with Crippen LogP contribution in [0.1, 0.15) is 33.4 Å². The zero-order chi connectivity index (χ0) is 26.9. The Morgan fingerprint density at radius 3 is 2.33 bits per heavy atom. The van der Waals surface area contributed by atoms with Crippen molar-refractivity contribution in [2.45, 2.75) is 19.5 Å². The number of carbonyl (C=O) groups excluding carboxylic acids is 1. The molecule has 7 heteroatoms. The quantitative estimate of drug-likeness (QED) is 0.162. The summed E-state index contributed by atoms with van der Waals surface area (Å²) in [6.45, 7) is 2.14. The van der Waals surface area contributed by atoms with Crippen molar-refractivity contribution in [2.75, 3.05) is 7.11 Å². The summed E-state index contributed by atoms with van der Waals surface area (Å²) in [7, 11) is 1.60. The smallest absolute Gasteiger partial charge is 0.344 e. The van der Waals surface area contributed by atoms with Gasteiger partial charge < -0.3 is 26.1 Å². The number of imidazole rings is 1. The molecule has 40 heavy (non-hydrogen) atoms. The number of methoxy groups -OCH3 is 1. The average Bonchev–Trinajstić information content (AvgIpc) is 3.25. The Balaban J connectivity index is 0.00000323. The minimum atomic E-state index is -0.464. The molecule has 0 saturated heterocycles. The Morgan fingerprint density at radius 1 is 0.900 bits per heavy atom. The van der Waals surface area contributed by atoms with Crippen LogP contribution in [-0.2, 0) is 6.54 Å².